The molecule has 0 saturated heterocycles. The third-order valence-corrected chi connectivity index (χ3v) is 3.55. The van der Waals surface area contributed by atoms with Gasteiger partial charge in [-0.05, 0) is 25.2 Å². The fourth-order valence-electron chi connectivity index (χ4n) is 2.46. The van der Waals surface area contributed by atoms with Gasteiger partial charge in [0.1, 0.15) is 6.10 Å². The monoisotopic (exact) mass is 263 g/mol. The van der Waals surface area contributed by atoms with E-state index in [1.165, 1.54) is 12.8 Å². The molecule has 106 valence electrons. The summed E-state index contributed by atoms with van der Waals surface area (Å²) in [5.74, 6) is 1.42. The van der Waals surface area contributed by atoms with Crippen molar-refractivity contribution in [3.05, 3.63) is 18.1 Å². The normalized spacial score (nSPS) is 23.6. The van der Waals surface area contributed by atoms with Crippen LogP contribution in [0.5, 0.6) is 5.88 Å². The molecule has 4 nitrogen and oxygen atoms in total. The Morgan fingerprint density at radius 2 is 2.16 bits per heavy atom. The van der Waals surface area contributed by atoms with Crippen molar-refractivity contribution in [2.75, 3.05) is 0 Å². The summed E-state index contributed by atoms with van der Waals surface area (Å²) in [6.45, 7) is 7.29. The molecule has 1 aliphatic carbocycles. The minimum atomic E-state index is 0.317. The number of nitrogens with zero attached hydrogens (tertiary/aromatic N) is 2. The van der Waals surface area contributed by atoms with E-state index in [-0.39, 0.29) is 0 Å². The second-order valence-electron chi connectivity index (χ2n) is 5.89. The summed E-state index contributed by atoms with van der Waals surface area (Å²) in [6, 6.07) is 0.460. The van der Waals surface area contributed by atoms with E-state index in [9.17, 15) is 0 Å². The second-order valence-corrected chi connectivity index (χ2v) is 5.89. The number of rotatable bonds is 5. The van der Waals surface area contributed by atoms with Crippen LogP contribution in [0, 0.1) is 5.92 Å². The first kappa shape index (κ1) is 14.3. The van der Waals surface area contributed by atoms with E-state index in [1.807, 2.05) is 0 Å². The highest BCUT2D eigenvalue weighted by atomic mass is 16.5. The molecule has 0 bridgehead atoms. The van der Waals surface area contributed by atoms with Crippen molar-refractivity contribution >= 4 is 0 Å². The van der Waals surface area contributed by atoms with E-state index >= 15 is 0 Å². The van der Waals surface area contributed by atoms with Crippen molar-refractivity contribution in [1.29, 1.82) is 0 Å². The number of hydrogen-bond acceptors (Lipinski definition) is 4. The molecule has 1 heterocycles. The van der Waals surface area contributed by atoms with Gasteiger partial charge in [0.05, 0.1) is 18.1 Å². The molecule has 1 fully saturated rings. The number of nitrogens with one attached hydrogen (secondary N) is 1. The summed E-state index contributed by atoms with van der Waals surface area (Å²) in [4.78, 5) is 8.74. The Morgan fingerprint density at radius 1 is 1.32 bits per heavy atom. The lowest BCUT2D eigenvalue weighted by atomic mass is 9.89. The molecule has 2 unspecified atom stereocenters. The highest BCUT2D eigenvalue weighted by Crippen LogP contribution is 2.26. The van der Waals surface area contributed by atoms with Crippen molar-refractivity contribution in [3.8, 4) is 5.88 Å². The highest BCUT2D eigenvalue weighted by molar-refractivity contribution is 5.07. The van der Waals surface area contributed by atoms with Crippen LogP contribution in [0.2, 0.25) is 0 Å². The van der Waals surface area contributed by atoms with Crippen LogP contribution >= 0.6 is 0 Å². The maximum Gasteiger partial charge on any atom is 0.232 e. The Balaban J connectivity index is 1.84. The smallest absolute Gasteiger partial charge is 0.232 e. The summed E-state index contributed by atoms with van der Waals surface area (Å²) in [6.07, 6.45) is 8.73. The summed E-state index contributed by atoms with van der Waals surface area (Å²) >= 11 is 0. The lowest BCUT2D eigenvalue weighted by Gasteiger charge is -2.26. The minimum Gasteiger partial charge on any atom is -0.473 e. The van der Waals surface area contributed by atoms with Crippen LogP contribution in [0.3, 0.4) is 0 Å². The number of hydrogen-bond donors (Lipinski definition) is 1. The fraction of sp³-hybridized carbons (Fsp3) is 0.733. The molecule has 1 saturated carbocycles. The summed E-state index contributed by atoms with van der Waals surface area (Å²) in [5, 5.41) is 3.33. The van der Waals surface area contributed by atoms with E-state index in [4.69, 9.17) is 4.74 Å². The SMILES string of the molecule is CC1CCCC(Oc2cnc(CNC(C)C)cn2)C1. The van der Waals surface area contributed by atoms with Gasteiger partial charge in [0, 0.05) is 12.6 Å². The maximum absolute atomic E-state index is 5.91. The fourth-order valence-corrected chi connectivity index (χ4v) is 2.46. The zero-order valence-corrected chi connectivity index (χ0v) is 12.2. The largest absolute Gasteiger partial charge is 0.473 e. The molecule has 0 spiro atoms. The van der Waals surface area contributed by atoms with Crippen LogP contribution in [0.4, 0.5) is 0 Å². The minimum absolute atomic E-state index is 0.317. The van der Waals surface area contributed by atoms with Gasteiger partial charge >= 0.3 is 0 Å². The first-order chi connectivity index (χ1) is 9.13. The summed E-state index contributed by atoms with van der Waals surface area (Å²) in [5.41, 5.74) is 0.957. The van der Waals surface area contributed by atoms with E-state index in [0.29, 0.717) is 18.0 Å². The van der Waals surface area contributed by atoms with Gasteiger partial charge in [0.2, 0.25) is 5.88 Å². The molecular formula is C15H25N3O. The molecule has 19 heavy (non-hydrogen) atoms. The van der Waals surface area contributed by atoms with Crippen molar-refractivity contribution in [1.82, 2.24) is 15.3 Å². The zero-order chi connectivity index (χ0) is 13.7. The van der Waals surface area contributed by atoms with Gasteiger partial charge in [0.25, 0.3) is 0 Å². The lowest BCUT2D eigenvalue weighted by molar-refractivity contribution is 0.123. The van der Waals surface area contributed by atoms with Gasteiger partial charge < -0.3 is 10.1 Å². The molecule has 0 aliphatic heterocycles. The van der Waals surface area contributed by atoms with Crippen molar-refractivity contribution in [2.45, 2.75) is 65.1 Å². The van der Waals surface area contributed by atoms with Crippen LogP contribution in [0.25, 0.3) is 0 Å². The Kier molecular flexibility index (Phi) is 5.14. The Bertz CT molecular complexity index is 377. The summed E-state index contributed by atoms with van der Waals surface area (Å²) in [7, 11) is 0. The van der Waals surface area contributed by atoms with Gasteiger partial charge in [-0.15, -0.1) is 0 Å². The van der Waals surface area contributed by atoms with Gasteiger partial charge in [-0.2, -0.15) is 0 Å². The molecule has 1 aromatic heterocycles. The molecule has 0 aromatic carbocycles. The first-order valence-corrected chi connectivity index (χ1v) is 7.34. The average molecular weight is 263 g/mol. The van der Waals surface area contributed by atoms with Crippen LogP contribution < -0.4 is 10.1 Å². The maximum atomic E-state index is 5.91. The van der Waals surface area contributed by atoms with E-state index < -0.39 is 0 Å². The summed E-state index contributed by atoms with van der Waals surface area (Å²) < 4.78 is 5.91. The Labute approximate surface area is 116 Å². The average Bonchev–Trinajstić information content (AvgIpc) is 2.38. The Hall–Kier alpha value is -1.16. The molecule has 1 N–H and O–H groups in total. The predicted octanol–water partition coefficient (Wildman–Crippen LogP) is 2.93. The third kappa shape index (κ3) is 4.78. The van der Waals surface area contributed by atoms with Crippen LogP contribution in [0.1, 0.15) is 52.1 Å². The number of aromatic nitrogens is 2. The quantitative estimate of drug-likeness (QED) is 0.887. The molecular weight excluding hydrogens is 238 g/mol. The molecule has 2 atom stereocenters. The predicted molar refractivity (Wildman–Crippen MR) is 76.1 cm³/mol. The van der Waals surface area contributed by atoms with Crippen molar-refractivity contribution in [3.63, 3.8) is 0 Å². The van der Waals surface area contributed by atoms with Crippen LogP contribution in [0.15, 0.2) is 12.4 Å². The topological polar surface area (TPSA) is 47.0 Å². The molecule has 2 rings (SSSR count). The lowest BCUT2D eigenvalue weighted by Crippen LogP contribution is -2.25. The van der Waals surface area contributed by atoms with Crippen LogP contribution in [-0.4, -0.2) is 22.1 Å². The Morgan fingerprint density at radius 3 is 2.79 bits per heavy atom. The third-order valence-electron chi connectivity index (χ3n) is 3.55. The van der Waals surface area contributed by atoms with Crippen molar-refractivity contribution < 1.29 is 4.74 Å². The van der Waals surface area contributed by atoms with E-state index in [0.717, 1.165) is 31.0 Å². The van der Waals surface area contributed by atoms with E-state index in [1.54, 1.807) is 12.4 Å². The molecule has 0 amide bonds. The molecule has 1 aliphatic rings. The zero-order valence-electron chi connectivity index (χ0n) is 12.2. The van der Waals surface area contributed by atoms with Crippen molar-refractivity contribution in [2.24, 2.45) is 5.92 Å². The molecule has 1 aromatic rings. The molecule has 0 radical (unpaired) electrons. The second kappa shape index (κ2) is 6.85. The highest BCUT2D eigenvalue weighted by Gasteiger charge is 2.20. The molecule has 4 heteroatoms. The first-order valence-electron chi connectivity index (χ1n) is 7.34. The number of ether oxygens (including phenoxy) is 1. The van der Waals surface area contributed by atoms with Gasteiger partial charge in [-0.3, -0.25) is 4.98 Å². The van der Waals surface area contributed by atoms with Crippen LogP contribution in [-0.2, 0) is 6.54 Å². The standard InChI is InChI=1S/C15H25N3O/c1-11(2)16-8-13-9-18-15(10-17-13)19-14-6-4-5-12(3)7-14/h9-12,14,16H,4-8H2,1-3H3. The van der Waals surface area contributed by atoms with Gasteiger partial charge in [0.15, 0.2) is 0 Å². The van der Waals surface area contributed by atoms with Gasteiger partial charge in [-0.1, -0.05) is 27.2 Å². The van der Waals surface area contributed by atoms with Gasteiger partial charge in [-0.25, -0.2) is 4.98 Å². The van der Waals surface area contributed by atoms with E-state index in [2.05, 4.69) is 36.1 Å².